The molecule has 0 aliphatic heterocycles. The van der Waals surface area contributed by atoms with E-state index in [1.54, 1.807) is 7.11 Å². The summed E-state index contributed by atoms with van der Waals surface area (Å²) in [5, 5.41) is 0. The quantitative estimate of drug-likeness (QED) is 0.699. The summed E-state index contributed by atoms with van der Waals surface area (Å²) in [5.41, 5.74) is 5.85. The van der Waals surface area contributed by atoms with E-state index in [4.69, 9.17) is 10.5 Å². The van der Waals surface area contributed by atoms with Gasteiger partial charge in [-0.15, -0.1) is 0 Å². The summed E-state index contributed by atoms with van der Waals surface area (Å²) >= 11 is 0. The average molecular weight is 242 g/mol. The van der Waals surface area contributed by atoms with E-state index in [0.717, 1.165) is 6.42 Å². The van der Waals surface area contributed by atoms with Crippen molar-refractivity contribution < 1.29 is 9.53 Å². The van der Waals surface area contributed by atoms with Gasteiger partial charge in [0.05, 0.1) is 6.61 Å². The van der Waals surface area contributed by atoms with Crippen molar-refractivity contribution in [1.29, 1.82) is 0 Å². The van der Waals surface area contributed by atoms with Gasteiger partial charge in [0.1, 0.15) is 0 Å². The number of carbonyl (C=O) groups is 1. The number of hydrogen-bond acceptors (Lipinski definition) is 3. The highest BCUT2D eigenvalue weighted by Crippen LogP contribution is 2.35. The molecule has 2 atom stereocenters. The number of carbonyl (C=O) groups excluding carboxylic acids is 1. The van der Waals surface area contributed by atoms with Crippen LogP contribution in [0.5, 0.6) is 0 Å². The maximum absolute atomic E-state index is 12.2. The van der Waals surface area contributed by atoms with Crippen molar-refractivity contribution in [3.63, 3.8) is 0 Å². The Morgan fingerprint density at radius 1 is 1.53 bits per heavy atom. The Morgan fingerprint density at radius 2 is 2.18 bits per heavy atom. The predicted octanol–water partition coefficient (Wildman–Crippen LogP) is 1.39. The first-order chi connectivity index (χ1) is 8.10. The molecule has 2 N–H and O–H groups in total. The third kappa shape index (κ3) is 4.64. The van der Waals surface area contributed by atoms with E-state index < -0.39 is 0 Å². The second-order valence-electron chi connectivity index (χ2n) is 5.03. The minimum atomic E-state index is -0.0149. The molecule has 4 nitrogen and oxygen atoms in total. The van der Waals surface area contributed by atoms with Crippen LogP contribution in [-0.4, -0.2) is 43.2 Å². The molecule has 0 aromatic heterocycles. The molecular weight excluding hydrogens is 216 g/mol. The summed E-state index contributed by atoms with van der Waals surface area (Å²) in [6.45, 7) is 5.44. The molecule has 2 unspecified atom stereocenters. The van der Waals surface area contributed by atoms with Gasteiger partial charge in [0, 0.05) is 32.2 Å². The first-order valence-corrected chi connectivity index (χ1v) is 6.64. The molecule has 0 saturated heterocycles. The van der Waals surface area contributed by atoms with Crippen LogP contribution in [0.2, 0.25) is 0 Å². The van der Waals surface area contributed by atoms with Gasteiger partial charge in [0.2, 0.25) is 5.91 Å². The molecule has 4 heteroatoms. The number of nitrogens with zero attached hydrogens (tertiary/aromatic N) is 1. The lowest BCUT2D eigenvalue weighted by Crippen LogP contribution is -2.44. The summed E-state index contributed by atoms with van der Waals surface area (Å²) in [6.07, 6.45) is 3.80. The zero-order valence-electron chi connectivity index (χ0n) is 11.3. The smallest absolute Gasteiger partial charge is 0.224 e. The molecule has 0 aromatic rings. The van der Waals surface area contributed by atoms with E-state index in [-0.39, 0.29) is 11.9 Å². The van der Waals surface area contributed by atoms with Crippen molar-refractivity contribution in [3.05, 3.63) is 0 Å². The highest BCUT2D eigenvalue weighted by atomic mass is 16.5. The van der Waals surface area contributed by atoms with Crippen LogP contribution in [0.3, 0.4) is 0 Å². The standard InChI is InChI=1S/C13H26N2O2/c1-4-12(14)9-13(16)15(7-8-17-3)10(2)11-5-6-11/h10-12H,4-9,14H2,1-3H3. The molecular formula is C13H26N2O2. The van der Waals surface area contributed by atoms with Crippen LogP contribution in [-0.2, 0) is 9.53 Å². The summed E-state index contributed by atoms with van der Waals surface area (Å²) < 4.78 is 5.08. The van der Waals surface area contributed by atoms with Crippen LogP contribution < -0.4 is 5.73 Å². The van der Waals surface area contributed by atoms with Gasteiger partial charge in [-0.3, -0.25) is 4.79 Å². The predicted molar refractivity (Wildman–Crippen MR) is 68.7 cm³/mol. The van der Waals surface area contributed by atoms with Crippen molar-refractivity contribution >= 4 is 5.91 Å². The molecule has 1 amide bonds. The van der Waals surface area contributed by atoms with Gasteiger partial charge in [-0.25, -0.2) is 0 Å². The Bertz CT molecular complexity index is 242. The van der Waals surface area contributed by atoms with Crippen molar-refractivity contribution in [2.24, 2.45) is 11.7 Å². The highest BCUT2D eigenvalue weighted by Gasteiger charge is 2.34. The number of ether oxygens (including phenoxy) is 1. The lowest BCUT2D eigenvalue weighted by atomic mass is 10.1. The molecule has 0 radical (unpaired) electrons. The Kier molecular flexibility index (Phi) is 5.92. The number of rotatable bonds is 8. The summed E-state index contributed by atoms with van der Waals surface area (Å²) in [7, 11) is 1.67. The normalized spacial score (nSPS) is 18.8. The molecule has 0 bridgehead atoms. The van der Waals surface area contributed by atoms with Crippen molar-refractivity contribution in [1.82, 2.24) is 4.90 Å². The van der Waals surface area contributed by atoms with Crippen LogP contribution in [0, 0.1) is 5.92 Å². The zero-order valence-corrected chi connectivity index (χ0v) is 11.3. The number of nitrogens with two attached hydrogens (primary N) is 1. The van der Waals surface area contributed by atoms with Crippen molar-refractivity contribution in [2.75, 3.05) is 20.3 Å². The fourth-order valence-electron chi connectivity index (χ4n) is 2.06. The monoisotopic (exact) mass is 242 g/mol. The fraction of sp³-hybridized carbons (Fsp3) is 0.923. The van der Waals surface area contributed by atoms with Crippen LogP contribution in [0.15, 0.2) is 0 Å². The first kappa shape index (κ1) is 14.5. The maximum Gasteiger partial charge on any atom is 0.224 e. The summed E-state index contributed by atoms with van der Waals surface area (Å²) in [5.74, 6) is 0.865. The zero-order chi connectivity index (χ0) is 12.8. The molecule has 0 heterocycles. The van der Waals surface area contributed by atoms with Crippen LogP contribution in [0.4, 0.5) is 0 Å². The molecule has 1 fully saturated rings. The second-order valence-corrected chi connectivity index (χ2v) is 5.03. The Hall–Kier alpha value is -0.610. The third-order valence-electron chi connectivity index (χ3n) is 3.61. The fourth-order valence-corrected chi connectivity index (χ4v) is 2.06. The van der Waals surface area contributed by atoms with Crippen LogP contribution in [0.1, 0.15) is 39.5 Å². The third-order valence-corrected chi connectivity index (χ3v) is 3.61. The van der Waals surface area contributed by atoms with Crippen molar-refractivity contribution in [2.45, 2.75) is 51.6 Å². The molecule has 100 valence electrons. The largest absolute Gasteiger partial charge is 0.383 e. The van der Waals surface area contributed by atoms with Crippen LogP contribution in [0.25, 0.3) is 0 Å². The van der Waals surface area contributed by atoms with Crippen molar-refractivity contribution in [3.8, 4) is 0 Å². The molecule has 17 heavy (non-hydrogen) atoms. The number of amides is 1. The molecule has 1 saturated carbocycles. The van der Waals surface area contributed by atoms with E-state index in [9.17, 15) is 4.79 Å². The highest BCUT2D eigenvalue weighted by molar-refractivity contribution is 5.77. The molecule has 0 aromatic carbocycles. The molecule has 1 aliphatic rings. The van der Waals surface area contributed by atoms with E-state index in [1.807, 2.05) is 11.8 Å². The molecule has 1 rings (SSSR count). The van der Waals surface area contributed by atoms with Gasteiger partial charge < -0.3 is 15.4 Å². The maximum atomic E-state index is 12.2. The number of hydrogen-bond donors (Lipinski definition) is 1. The Morgan fingerprint density at radius 3 is 2.65 bits per heavy atom. The minimum Gasteiger partial charge on any atom is -0.383 e. The lowest BCUT2D eigenvalue weighted by molar-refractivity contribution is -0.134. The van der Waals surface area contributed by atoms with Gasteiger partial charge in [-0.2, -0.15) is 0 Å². The summed E-state index contributed by atoms with van der Waals surface area (Å²) in [6, 6.07) is 0.320. The van der Waals surface area contributed by atoms with Gasteiger partial charge in [-0.1, -0.05) is 6.92 Å². The van der Waals surface area contributed by atoms with E-state index >= 15 is 0 Å². The Balaban J connectivity index is 2.50. The molecule has 1 aliphatic carbocycles. The Labute approximate surface area is 104 Å². The average Bonchev–Trinajstić information content (AvgIpc) is 3.12. The minimum absolute atomic E-state index is 0.0149. The van der Waals surface area contributed by atoms with Crippen LogP contribution >= 0.6 is 0 Å². The SMILES string of the molecule is CCC(N)CC(=O)N(CCOC)C(C)C1CC1. The second kappa shape index (κ2) is 6.97. The topological polar surface area (TPSA) is 55.6 Å². The summed E-state index contributed by atoms with van der Waals surface area (Å²) in [4.78, 5) is 14.1. The van der Waals surface area contributed by atoms with E-state index in [1.165, 1.54) is 12.8 Å². The van der Waals surface area contributed by atoms with Gasteiger partial charge in [0.25, 0.3) is 0 Å². The first-order valence-electron chi connectivity index (χ1n) is 6.64. The van der Waals surface area contributed by atoms with E-state index in [0.29, 0.717) is 31.5 Å². The van der Waals surface area contributed by atoms with Gasteiger partial charge >= 0.3 is 0 Å². The van der Waals surface area contributed by atoms with Gasteiger partial charge in [-0.05, 0) is 32.1 Å². The van der Waals surface area contributed by atoms with E-state index in [2.05, 4.69) is 6.92 Å². The van der Waals surface area contributed by atoms with Gasteiger partial charge in [0.15, 0.2) is 0 Å². The molecule has 0 spiro atoms. The lowest BCUT2D eigenvalue weighted by Gasteiger charge is -2.30. The number of methoxy groups -OCH3 is 1.